The lowest BCUT2D eigenvalue weighted by Gasteiger charge is -2.34. The van der Waals surface area contributed by atoms with Gasteiger partial charge in [0.2, 0.25) is 10.0 Å². The summed E-state index contributed by atoms with van der Waals surface area (Å²) in [6, 6.07) is 7.33. The molecule has 1 aliphatic heterocycles. The largest absolute Gasteiger partial charge is 0.466 e. The van der Waals surface area contributed by atoms with Gasteiger partial charge in [0.05, 0.1) is 18.3 Å². The summed E-state index contributed by atoms with van der Waals surface area (Å²) in [5.74, 6) is 0.306. The minimum Gasteiger partial charge on any atom is -0.466 e. The first-order chi connectivity index (χ1) is 14.3. The van der Waals surface area contributed by atoms with Gasteiger partial charge in [-0.05, 0) is 44.7 Å². The Kier molecular flexibility index (Phi) is 9.10. The number of benzene rings is 1. The number of esters is 1. The molecule has 1 aromatic carbocycles. The van der Waals surface area contributed by atoms with Crippen molar-refractivity contribution >= 4 is 22.0 Å². The smallest absolute Gasteiger partial charge is 0.310 e. The standard InChI is InChI=1S/C21H34N4O4S/c1-5-29-20(26)18-11-8-12-25(14-18)21(22-4)23-13-17-9-6-7-10-19(17)15-30(27,28)24-16(2)3/h6-7,9-10,16,18,24H,5,8,11-15H2,1-4H3,(H,22,23). The molecule has 0 bridgehead atoms. The van der Waals surface area contributed by atoms with Crippen molar-refractivity contribution in [1.82, 2.24) is 14.9 Å². The van der Waals surface area contributed by atoms with E-state index in [0.29, 0.717) is 25.7 Å². The zero-order valence-corrected chi connectivity index (χ0v) is 19.2. The summed E-state index contributed by atoms with van der Waals surface area (Å²) in [5.41, 5.74) is 1.64. The number of hydrogen-bond acceptors (Lipinski definition) is 5. The van der Waals surface area contributed by atoms with Crippen LogP contribution in [0.2, 0.25) is 0 Å². The van der Waals surface area contributed by atoms with Gasteiger partial charge in [-0.15, -0.1) is 0 Å². The van der Waals surface area contributed by atoms with Gasteiger partial charge in [0.1, 0.15) is 0 Å². The van der Waals surface area contributed by atoms with E-state index in [1.54, 1.807) is 20.9 Å². The predicted octanol–water partition coefficient (Wildman–Crippen LogP) is 1.86. The van der Waals surface area contributed by atoms with Gasteiger partial charge in [0.15, 0.2) is 5.96 Å². The number of guanidine groups is 1. The molecule has 30 heavy (non-hydrogen) atoms. The number of hydrogen-bond donors (Lipinski definition) is 2. The molecule has 2 N–H and O–H groups in total. The van der Waals surface area contributed by atoms with E-state index >= 15 is 0 Å². The average Bonchev–Trinajstić information content (AvgIpc) is 2.69. The minimum atomic E-state index is -3.41. The third kappa shape index (κ3) is 7.28. The van der Waals surface area contributed by atoms with Crippen molar-refractivity contribution in [2.45, 2.75) is 52.0 Å². The highest BCUT2D eigenvalue weighted by molar-refractivity contribution is 7.88. The molecule has 0 aromatic heterocycles. The van der Waals surface area contributed by atoms with Gasteiger partial charge in [-0.1, -0.05) is 24.3 Å². The third-order valence-corrected chi connectivity index (χ3v) is 6.39. The van der Waals surface area contributed by atoms with E-state index in [9.17, 15) is 13.2 Å². The molecule has 2 rings (SSSR count). The van der Waals surface area contributed by atoms with Gasteiger partial charge in [-0.3, -0.25) is 9.79 Å². The Hall–Kier alpha value is -2.13. The molecule has 168 valence electrons. The molecule has 1 atom stereocenters. The molecule has 1 unspecified atom stereocenters. The van der Waals surface area contributed by atoms with Crippen LogP contribution >= 0.6 is 0 Å². The molecule has 0 spiro atoms. The van der Waals surface area contributed by atoms with Crippen LogP contribution in [0.4, 0.5) is 0 Å². The molecule has 0 amide bonds. The topological polar surface area (TPSA) is 100 Å². The molecule has 0 saturated carbocycles. The first-order valence-corrected chi connectivity index (χ1v) is 12.1. The number of rotatable bonds is 8. The van der Waals surface area contributed by atoms with Crippen molar-refractivity contribution in [3.05, 3.63) is 35.4 Å². The number of piperidine rings is 1. The molecule has 0 aliphatic carbocycles. The van der Waals surface area contributed by atoms with E-state index in [2.05, 4.69) is 19.9 Å². The molecule has 1 aromatic rings. The summed E-state index contributed by atoms with van der Waals surface area (Å²) in [6.07, 6.45) is 1.70. The number of carbonyl (C=O) groups excluding carboxylic acids is 1. The Bertz CT molecular complexity index is 839. The number of carbonyl (C=O) groups is 1. The van der Waals surface area contributed by atoms with Crippen molar-refractivity contribution in [3.8, 4) is 0 Å². The predicted molar refractivity (Wildman–Crippen MR) is 118 cm³/mol. The van der Waals surface area contributed by atoms with Crippen molar-refractivity contribution in [2.75, 3.05) is 26.7 Å². The highest BCUT2D eigenvalue weighted by atomic mass is 32.2. The Morgan fingerprint density at radius 1 is 1.30 bits per heavy atom. The lowest BCUT2D eigenvalue weighted by molar-refractivity contribution is -0.149. The highest BCUT2D eigenvalue weighted by Crippen LogP contribution is 2.18. The first-order valence-electron chi connectivity index (χ1n) is 10.4. The molecular formula is C21H34N4O4S. The second-order valence-corrected chi connectivity index (χ2v) is 9.49. The maximum Gasteiger partial charge on any atom is 0.310 e. The summed E-state index contributed by atoms with van der Waals surface area (Å²) >= 11 is 0. The van der Waals surface area contributed by atoms with Crippen LogP contribution in [-0.4, -0.2) is 58.0 Å². The van der Waals surface area contributed by atoms with Crippen LogP contribution in [0.1, 0.15) is 44.7 Å². The second kappa shape index (κ2) is 11.3. The molecule has 1 aliphatic rings. The fourth-order valence-corrected chi connectivity index (χ4v) is 5.10. The Morgan fingerprint density at radius 3 is 2.63 bits per heavy atom. The molecule has 8 nitrogen and oxygen atoms in total. The molecule has 9 heteroatoms. The zero-order chi connectivity index (χ0) is 22.1. The number of nitrogens with zero attached hydrogens (tertiary/aromatic N) is 2. The van der Waals surface area contributed by atoms with Crippen LogP contribution in [0.5, 0.6) is 0 Å². The summed E-state index contributed by atoms with van der Waals surface area (Å²) in [4.78, 5) is 18.5. The normalized spacial score (nSPS) is 17.8. The zero-order valence-electron chi connectivity index (χ0n) is 18.3. The maximum absolute atomic E-state index is 12.4. The number of ether oxygens (including phenoxy) is 1. The van der Waals surface area contributed by atoms with Crippen LogP contribution in [0, 0.1) is 5.92 Å². The lowest BCUT2D eigenvalue weighted by Crippen LogP contribution is -2.48. The fourth-order valence-electron chi connectivity index (χ4n) is 3.60. The summed E-state index contributed by atoms with van der Waals surface area (Å²) < 4.78 is 32.5. The Morgan fingerprint density at radius 2 is 2.00 bits per heavy atom. The SMILES string of the molecule is CCOC(=O)C1CCCN(C(=NC)NCc2ccccc2CS(=O)(=O)NC(C)C)C1. The van der Waals surface area contributed by atoms with Crippen molar-refractivity contribution in [1.29, 1.82) is 0 Å². The van der Waals surface area contributed by atoms with E-state index < -0.39 is 10.0 Å². The summed E-state index contributed by atoms with van der Waals surface area (Å²) in [6.45, 7) is 7.62. The lowest BCUT2D eigenvalue weighted by atomic mass is 9.98. The summed E-state index contributed by atoms with van der Waals surface area (Å²) in [5, 5.41) is 3.32. The molecule has 1 saturated heterocycles. The van der Waals surface area contributed by atoms with Gasteiger partial charge in [0.25, 0.3) is 0 Å². The fraction of sp³-hybridized carbons (Fsp3) is 0.619. The van der Waals surface area contributed by atoms with Gasteiger partial charge in [-0.25, -0.2) is 13.1 Å². The van der Waals surface area contributed by atoms with E-state index in [-0.39, 0.29) is 23.7 Å². The number of nitrogens with one attached hydrogen (secondary N) is 2. The quantitative estimate of drug-likeness (QED) is 0.365. The van der Waals surface area contributed by atoms with Gasteiger partial charge < -0.3 is 15.0 Å². The van der Waals surface area contributed by atoms with Crippen LogP contribution in [0.15, 0.2) is 29.3 Å². The minimum absolute atomic E-state index is 0.0731. The Balaban J connectivity index is 2.04. The van der Waals surface area contributed by atoms with Gasteiger partial charge in [0, 0.05) is 32.7 Å². The van der Waals surface area contributed by atoms with Gasteiger partial charge in [-0.2, -0.15) is 0 Å². The molecular weight excluding hydrogens is 404 g/mol. The van der Waals surface area contributed by atoms with Crippen LogP contribution in [0.3, 0.4) is 0 Å². The van der Waals surface area contributed by atoms with Crippen molar-refractivity contribution < 1.29 is 17.9 Å². The monoisotopic (exact) mass is 438 g/mol. The van der Waals surface area contributed by atoms with Crippen molar-refractivity contribution in [3.63, 3.8) is 0 Å². The van der Waals surface area contributed by atoms with Crippen LogP contribution in [0.25, 0.3) is 0 Å². The van der Waals surface area contributed by atoms with E-state index in [1.807, 2.05) is 31.2 Å². The van der Waals surface area contributed by atoms with Crippen molar-refractivity contribution in [2.24, 2.45) is 10.9 Å². The highest BCUT2D eigenvalue weighted by Gasteiger charge is 2.28. The van der Waals surface area contributed by atoms with Crippen LogP contribution in [-0.2, 0) is 31.9 Å². The molecule has 1 fully saturated rings. The van der Waals surface area contributed by atoms with E-state index in [1.165, 1.54) is 0 Å². The summed E-state index contributed by atoms with van der Waals surface area (Å²) in [7, 11) is -1.71. The number of aliphatic imine (C=N–C) groups is 1. The van der Waals surface area contributed by atoms with Gasteiger partial charge >= 0.3 is 5.97 Å². The average molecular weight is 439 g/mol. The Labute approximate surface area is 180 Å². The van der Waals surface area contributed by atoms with E-state index in [4.69, 9.17) is 4.74 Å². The van der Waals surface area contributed by atoms with E-state index in [0.717, 1.165) is 30.5 Å². The maximum atomic E-state index is 12.4. The van der Waals surface area contributed by atoms with Crippen LogP contribution < -0.4 is 10.0 Å². The number of likely N-dealkylation sites (tertiary alicyclic amines) is 1. The second-order valence-electron chi connectivity index (χ2n) is 7.74. The number of sulfonamides is 1. The first kappa shape index (κ1) is 24.1. The molecule has 1 heterocycles. The third-order valence-electron chi connectivity index (χ3n) is 4.87. The molecule has 0 radical (unpaired) electrons.